The zero-order chi connectivity index (χ0) is 11.2. The molecule has 0 amide bonds. The van der Waals surface area contributed by atoms with Gasteiger partial charge in [0.05, 0.1) is 25.9 Å². The van der Waals surface area contributed by atoms with E-state index in [4.69, 9.17) is 9.47 Å². The molecule has 0 aromatic heterocycles. The average Bonchev–Trinajstić information content (AvgIpc) is 2.38. The monoisotopic (exact) mass is 227 g/mol. The molecule has 1 N–H and O–H groups in total. The van der Waals surface area contributed by atoms with Crippen LogP contribution in [0.2, 0.25) is 0 Å². The fourth-order valence-electron chi connectivity index (χ4n) is 2.77. The van der Waals surface area contributed by atoms with E-state index in [1.54, 1.807) is 0 Å². The molecule has 1 aliphatic heterocycles. The predicted molar refractivity (Wildman–Crippen MR) is 64.6 cm³/mol. The lowest BCUT2D eigenvalue weighted by Crippen LogP contribution is -2.43. The van der Waals surface area contributed by atoms with Gasteiger partial charge in [0.1, 0.15) is 0 Å². The van der Waals surface area contributed by atoms with Crippen molar-refractivity contribution in [2.75, 3.05) is 26.4 Å². The van der Waals surface area contributed by atoms with Gasteiger partial charge in [-0.2, -0.15) is 0 Å². The van der Waals surface area contributed by atoms with Crippen LogP contribution in [0.4, 0.5) is 0 Å². The number of hydrogen-bond donors (Lipinski definition) is 1. The van der Waals surface area contributed by atoms with E-state index in [2.05, 4.69) is 12.2 Å². The van der Waals surface area contributed by atoms with Gasteiger partial charge in [0.2, 0.25) is 0 Å². The Hall–Kier alpha value is -0.120. The Labute approximate surface area is 98.9 Å². The maximum atomic E-state index is 5.63. The van der Waals surface area contributed by atoms with Crippen LogP contribution in [0, 0.1) is 5.92 Å². The van der Waals surface area contributed by atoms with Crippen molar-refractivity contribution >= 4 is 0 Å². The zero-order valence-electron chi connectivity index (χ0n) is 10.4. The van der Waals surface area contributed by atoms with E-state index in [1.165, 1.54) is 32.1 Å². The van der Waals surface area contributed by atoms with Crippen LogP contribution >= 0.6 is 0 Å². The molecule has 0 bridgehead atoms. The molecule has 2 rings (SSSR count). The molecule has 1 aliphatic carbocycles. The van der Waals surface area contributed by atoms with Crippen molar-refractivity contribution in [1.29, 1.82) is 0 Å². The first-order chi connectivity index (χ1) is 7.86. The third-order valence-electron chi connectivity index (χ3n) is 3.91. The number of hydrogen-bond acceptors (Lipinski definition) is 3. The Morgan fingerprint density at radius 3 is 2.69 bits per heavy atom. The topological polar surface area (TPSA) is 30.5 Å². The molecule has 0 radical (unpaired) electrons. The van der Waals surface area contributed by atoms with Crippen molar-refractivity contribution < 1.29 is 9.47 Å². The molecule has 1 heterocycles. The van der Waals surface area contributed by atoms with Crippen LogP contribution in [0.25, 0.3) is 0 Å². The van der Waals surface area contributed by atoms with Crippen molar-refractivity contribution in [3.63, 3.8) is 0 Å². The molecule has 1 saturated carbocycles. The number of rotatable bonds is 4. The van der Waals surface area contributed by atoms with E-state index in [0.29, 0.717) is 6.04 Å². The SMILES string of the molecule is CC(NCC1COCCO1)C1CCCCC1. The van der Waals surface area contributed by atoms with E-state index >= 15 is 0 Å². The van der Waals surface area contributed by atoms with E-state index in [1.807, 2.05) is 0 Å². The lowest BCUT2D eigenvalue weighted by atomic mass is 9.84. The van der Waals surface area contributed by atoms with Crippen LogP contribution in [0.3, 0.4) is 0 Å². The first-order valence-electron chi connectivity index (χ1n) is 6.79. The summed E-state index contributed by atoms with van der Waals surface area (Å²) in [5, 5.41) is 3.62. The third kappa shape index (κ3) is 3.72. The summed E-state index contributed by atoms with van der Waals surface area (Å²) in [6.45, 7) is 5.53. The summed E-state index contributed by atoms with van der Waals surface area (Å²) in [5.74, 6) is 0.873. The first kappa shape index (κ1) is 12.3. The van der Waals surface area contributed by atoms with E-state index in [-0.39, 0.29) is 6.10 Å². The number of ether oxygens (including phenoxy) is 2. The summed E-state index contributed by atoms with van der Waals surface area (Å²) in [5.41, 5.74) is 0. The average molecular weight is 227 g/mol. The second-order valence-corrected chi connectivity index (χ2v) is 5.16. The molecule has 94 valence electrons. The van der Waals surface area contributed by atoms with Crippen LogP contribution in [0.1, 0.15) is 39.0 Å². The molecular formula is C13H25NO2. The molecule has 1 saturated heterocycles. The highest BCUT2D eigenvalue weighted by Gasteiger charge is 2.21. The molecule has 2 atom stereocenters. The second kappa shape index (κ2) is 6.58. The lowest BCUT2D eigenvalue weighted by Gasteiger charge is -2.30. The molecule has 3 nitrogen and oxygen atoms in total. The predicted octanol–water partition coefficient (Wildman–Crippen LogP) is 1.96. The van der Waals surface area contributed by atoms with Gasteiger partial charge in [0, 0.05) is 12.6 Å². The molecule has 2 aliphatic rings. The fourth-order valence-corrected chi connectivity index (χ4v) is 2.77. The molecule has 0 spiro atoms. The van der Waals surface area contributed by atoms with Crippen molar-refractivity contribution in [3.8, 4) is 0 Å². The summed E-state index contributed by atoms with van der Waals surface area (Å²) < 4.78 is 11.0. The van der Waals surface area contributed by atoms with Gasteiger partial charge in [-0.15, -0.1) is 0 Å². The summed E-state index contributed by atoms with van der Waals surface area (Å²) in [4.78, 5) is 0. The van der Waals surface area contributed by atoms with Crippen LogP contribution in [-0.2, 0) is 9.47 Å². The quantitative estimate of drug-likeness (QED) is 0.796. The minimum Gasteiger partial charge on any atom is -0.376 e. The van der Waals surface area contributed by atoms with E-state index in [0.717, 1.165) is 32.3 Å². The standard InChI is InChI=1S/C13H25NO2/c1-11(12-5-3-2-4-6-12)14-9-13-10-15-7-8-16-13/h11-14H,2-10H2,1H3. The molecule has 3 heteroatoms. The minimum absolute atomic E-state index is 0.264. The Bertz CT molecular complexity index is 186. The van der Waals surface area contributed by atoms with Crippen LogP contribution in [0.5, 0.6) is 0 Å². The highest BCUT2D eigenvalue weighted by atomic mass is 16.6. The summed E-state index contributed by atoms with van der Waals surface area (Å²) in [6, 6.07) is 0.630. The Balaban J connectivity index is 1.63. The Morgan fingerprint density at radius 1 is 1.19 bits per heavy atom. The van der Waals surface area contributed by atoms with E-state index in [9.17, 15) is 0 Å². The molecular weight excluding hydrogens is 202 g/mol. The van der Waals surface area contributed by atoms with Crippen molar-refractivity contribution in [3.05, 3.63) is 0 Å². The number of nitrogens with one attached hydrogen (secondary N) is 1. The normalized spacial score (nSPS) is 30.2. The highest BCUT2D eigenvalue weighted by molar-refractivity contribution is 4.77. The van der Waals surface area contributed by atoms with Gasteiger partial charge >= 0.3 is 0 Å². The summed E-state index contributed by atoms with van der Waals surface area (Å²) >= 11 is 0. The van der Waals surface area contributed by atoms with Crippen LogP contribution in [0.15, 0.2) is 0 Å². The third-order valence-corrected chi connectivity index (χ3v) is 3.91. The summed E-state index contributed by atoms with van der Waals surface area (Å²) in [7, 11) is 0. The van der Waals surface area contributed by atoms with E-state index < -0.39 is 0 Å². The van der Waals surface area contributed by atoms with Crippen molar-refractivity contribution in [2.24, 2.45) is 5.92 Å². The maximum absolute atomic E-state index is 5.63. The van der Waals surface area contributed by atoms with Gasteiger partial charge in [-0.1, -0.05) is 19.3 Å². The molecule has 2 fully saturated rings. The van der Waals surface area contributed by atoms with Gasteiger partial charge in [0.25, 0.3) is 0 Å². The smallest absolute Gasteiger partial charge is 0.0933 e. The molecule has 0 aromatic rings. The van der Waals surface area contributed by atoms with Gasteiger partial charge < -0.3 is 14.8 Å². The first-order valence-corrected chi connectivity index (χ1v) is 6.79. The Morgan fingerprint density at radius 2 is 2.00 bits per heavy atom. The minimum atomic E-state index is 0.264. The molecule has 0 aromatic carbocycles. The largest absolute Gasteiger partial charge is 0.376 e. The summed E-state index contributed by atoms with van der Waals surface area (Å²) in [6.07, 6.45) is 7.33. The van der Waals surface area contributed by atoms with Crippen molar-refractivity contribution in [2.45, 2.75) is 51.2 Å². The molecule has 16 heavy (non-hydrogen) atoms. The van der Waals surface area contributed by atoms with Gasteiger partial charge in [0.15, 0.2) is 0 Å². The van der Waals surface area contributed by atoms with Gasteiger partial charge in [-0.3, -0.25) is 0 Å². The van der Waals surface area contributed by atoms with Gasteiger partial charge in [-0.25, -0.2) is 0 Å². The second-order valence-electron chi connectivity index (χ2n) is 5.16. The highest BCUT2D eigenvalue weighted by Crippen LogP contribution is 2.26. The molecule has 2 unspecified atom stereocenters. The van der Waals surface area contributed by atoms with Crippen LogP contribution < -0.4 is 5.32 Å². The maximum Gasteiger partial charge on any atom is 0.0933 e. The fraction of sp³-hybridized carbons (Fsp3) is 1.00. The zero-order valence-corrected chi connectivity index (χ0v) is 10.4. The van der Waals surface area contributed by atoms with Gasteiger partial charge in [-0.05, 0) is 25.7 Å². The van der Waals surface area contributed by atoms with Crippen LogP contribution in [-0.4, -0.2) is 38.5 Å². The lowest BCUT2D eigenvalue weighted by molar-refractivity contribution is -0.0874. The van der Waals surface area contributed by atoms with Crippen molar-refractivity contribution in [1.82, 2.24) is 5.32 Å². The Kier molecular flexibility index (Phi) is 5.07.